The molecule has 0 aromatic heterocycles. The Hall–Kier alpha value is -1.62. The molecule has 0 saturated carbocycles. The summed E-state index contributed by atoms with van der Waals surface area (Å²) in [7, 11) is -3.70. The van der Waals surface area contributed by atoms with Gasteiger partial charge in [0.05, 0.1) is 19.3 Å². The third-order valence-electron chi connectivity index (χ3n) is 2.71. The molecule has 1 aromatic rings. The summed E-state index contributed by atoms with van der Waals surface area (Å²) in [5.41, 5.74) is 0.877. The van der Waals surface area contributed by atoms with Gasteiger partial charge in [-0.25, -0.2) is 9.36 Å². The number of hydrogen-bond acceptors (Lipinski definition) is 6. The quantitative estimate of drug-likeness (QED) is 0.287. The molecular formula is C16H23O6P. The molecule has 0 N–H and O–H groups in total. The van der Waals surface area contributed by atoms with Crippen LogP contribution < -0.4 is 0 Å². The zero-order chi connectivity index (χ0) is 17.3. The summed E-state index contributed by atoms with van der Waals surface area (Å²) >= 11 is 0. The van der Waals surface area contributed by atoms with Gasteiger partial charge in [-0.1, -0.05) is 30.3 Å². The van der Waals surface area contributed by atoms with E-state index in [0.29, 0.717) is 0 Å². The van der Waals surface area contributed by atoms with Crippen molar-refractivity contribution in [1.29, 1.82) is 0 Å². The molecule has 1 aromatic carbocycles. The number of allylic oxidation sites excluding steroid dienone is 1. The number of carbonyl (C=O) groups excluding carboxylic acids is 1. The van der Waals surface area contributed by atoms with Gasteiger partial charge in [0.15, 0.2) is 0 Å². The number of carbonyl (C=O) groups is 1. The van der Waals surface area contributed by atoms with Crippen molar-refractivity contribution in [3.8, 4) is 0 Å². The highest BCUT2D eigenvalue weighted by Gasteiger charge is 2.27. The smallest absolute Gasteiger partial charge is 0.455 e. The molecule has 128 valence electrons. The van der Waals surface area contributed by atoms with Gasteiger partial charge < -0.3 is 9.26 Å². The molecule has 0 aliphatic heterocycles. The molecule has 6 nitrogen and oxygen atoms in total. The molecule has 1 atom stereocenters. The lowest BCUT2D eigenvalue weighted by molar-refractivity contribution is -0.142. The van der Waals surface area contributed by atoms with Crippen LogP contribution in [0.5, 0.6) is 0 Å². The first-order valence-corrected chi connectivity index (χ1v) is 8.88. The lowest BCUT2D eigenvalue weighted by Gasteiger charge is -2.17. The molecule has 1 unspecified atom stereocenters. The van der Waals surface area contributed by atoms with Crippen molar-refractivity contribution in [2.24, 2.45) is 0 Å². The molecule has 0 radical (unpaired) electrons. The van der Waals surface area contributed by atoms with E-state index in [2.05, 4.69) is 0 Å². The van der Waals surface area contributed by atoms with E-state index in [4.69, 9.17) is 18.3 Å². The van der Waals surface area contributed by atoms with Crippen LogP contribution in [0.25, 0.3) is 0 Å². The monoisotopic (exact) mass is 342 g/mol. The molecule has 0 bridgehead atoms. The largest absolute Gasteiger partial charge is 0.529 e. The van der Waals surface area contributed by atoms with Gasteiger partial charge >= 0.3 is 13.8 Å². The molecule has 0 heterocycles. The second kappa shape index (κ2) is 9.50. The SMILES string of the molecule is CCOP(=O)(OCC)O/C(C)=C\C(=O)OC(C)c1ccccc1. The van der Waals surface area contributed by atoms with Crippen LogP contribution >= 0.6 is 7.82 Å². The minimum atomic E-state index is -3.70. The fraction of sp³-hybridized carbons (Fsp3) is 0.438. The van der Waals surface area contributed by atoms with Gasteiger partial charge in [-0.15, -0.1) is 0 Å². The number of ether oxygens (including phenoxy) is 1. The van der Waals surface area contributed by atoms with Crippen LogP contribution in [-0.4, -0.2) is 19.2 Å². The number of benzene rings is 1. The third-order valence-corrected chi connectivity index (χ3v) is 4.37. The van der Waals surface area contributed by atoms with Gasteiger partial charge in [0.1, 0.15) is 11.9 Å². The van der Waals surface area contributed by atoms with E-state index in [0.717, 1.165) is 11.6 Å². The first-order valence-electron chi connectivity index (χ1n) is 7.42. The Morgan fingerprint density at radius 3 is 2.26 bits per heavy atom. The number of phosphoric ester groups is 1. The Bertz CT molecular complexity index is 559. The van der Waals surface area contributed by atoms with Crippen LogP contribution in [0, 0.1) is 0 Å². The van der Waals surface area contributed by atoms with Crippen LogP contribution in [0.3, 0.4) is 0 Å². The summed E-state index contributed by atoms with van der Waals surface area (Å²) in [6, 6.07) is 9.34. The van der Waals surface area contributed by atoms with E-state index in [1.165, 1.54) is 6.92 Å². The van der Waals surface area contributed by atoms with E-state index in [1.54, 1.807) is 20.8 Å². The molecule has 0 aliphatic carbocycles. The normalized spacial score (nSPS) is 13.5. The summed E-state index contributed by atoms with van der Waals surface area (Å²) in [6.07, 6.45) is 0.711. The Kier molecular flexibility index (Phi) is 8.03. The van der Waals surface area contributed by atoms with Crippen molar-refractivity contribution in [3.05, 3.63) is 47.7 Å². The van der Waals surface area contributed by atoms with E-state index in [9.17, 15) is 9.36 Å². The number of hydrogen-bond donors (Lipinski definition) is 0. The fourth-order valence-electron chi connectivity index (χ4n) is 1.78. The zero-order valence-corrected chi connectivity index (χ0v) is 14.7. The van der Waals surface area contributed by atoms with Crippen molar-refractivity contribution in [3.63, 3.8) is 0 Å². The van der Waals surface area contributed by atoms with Gasteiger partial charge in [-0.2, -0.15) is 0 Å². The summed E-state index contributed by atoms with van der Waals surface area (Å²) in [5.74, 6) is -0.501. The number of esters is 1. The van der Waals surface area contributed by atoms with Gasteiger partial charge in [-0.05, 0) is 33.3 Å². The van der Waals surface area contributed by atoms with E-state index >= 15 is 0 Å². The average molecular weight is 342 g/mol. The molecular weight excluding hydrogens is 319 g/mol. The molecule has 0 aliphatic rings. The molecule has 23 heavy (non-hydrogen) atoms. The van der Waals surface area contributed by atoms with Crippen LogP contribution in [0.2, 0.25) is 0 Å². The van der Waals surface area contributed by atoms with Crippen molar-refractivity contribution in [2.75, 3.05) is 13.2 Å². The van der Waals surface area contributed by atoms with Crippen LogP contribution in [0.15, 0.2) is 42.2 Å². The van der Waals surface area contributed by atoms with Crippen molar-refractivity contribution < 1.29 is 27.7 Å². The summed E-state index contributed by atoms with van der Waals surface area (Å²) in [5, 5.41) is 0. The predicted octanol–water partition coefficient (Wildman–Crippen LogP) is 4.39. The summed E-state index contributed by atoms with van der Waals surface area (Å²) in [6.45, 7) is 6.93. The summed E-state index contributed by atoms with van der Waals surface area (Å²) < 4.78 is 32.6. The minimum absolute atomic E-state index is 0.0977. The molecule has 0 spiro atoms. The molecule has 1 rings (SSSR count). The fourth-order valence-corrected chi connectivity index (χ4v) is 2.99. The van der Waals surface area contributed by atoms with E-state index in [1.807, 2.05) is 30.3 Å². The number of phosphoric acid groups is 1. The maximum Gasteiger partial charge on any atom is 0.529 e. The summed E-state index contributed by atoms with van der Waals surface area (Å²) in [4.78, 5) is 11.9. The minimum Gasteiger partial charge on any atom is -0.455 e. The number of rotatable bonds is 9. The van der Waals surface area contributed by atoms with Gasteiger partial charge in [0.2, 0.25) is 0 Å². The van der Waals surface area contributed by atoms with Gasteiger partial charge in [-0.3, -0.25) is 9.05 Å². The van der Waals surface area contributed by atoms with Crippen molar-refractivity contribution in [2.45, 2.75) is 33.8 Å². The van der Waals surface area contributed by atoms with Crippen LogP contribution in [0.1, 0.15) is 39.4 Å². The highest BCUT2D eigenvalue weighted by molar-refractivity contribution is 7.48. The zero-order valence-electron chi connectivity index (χ0n) is 13.9. The van der Waals surface area contributed by atoms with Crippen LogP contribution in [-0.2, 0) is 27.7 Å². The third kappa shape index (κ3) is 6.99. The average Bonchev–Trinajstić information content (AvgIpc) is 2.47. The standard InChI is InChI=1S/C16H23O6P/c1-5-19-23(18,20-6-2)22-13(3)12-16(17)21-14(4)15-10-8-7-9-11-15/h7-12,14H,5-6H2,1-4H3/b13-12-. The second-order valence-corrected chi connectivity index (χ2v) is 6.21. The topological polar surface area (TPSA) is 71.1 Å². The maximum absolute atomic E-state index is 12.2. The first-order chi connectivity index (χ1) is 10.9. The second-order valence-electron chi connectivity index (χ2n) is 4.62. The molecule has 0 amide bonds. The predicted molar refractivity (Wildman–Crippen MR) is 86.6 cm³/mol. The van der Waals surface area contributed by atoms with Crippen LogP contribution in [0.4, 0.5) is 0 Å². The first kappa shape index (κ1) is 19.4. The van der Waals surface area contributed by atoms with Crippen molar-refractivity contribution in [1.82, 2.24) is 0 Å². The molecule has 0 saturated heterocycles. The maximum atomic E-state index is 12.2. The molecule has 0 fully saturated rings. The Balaban J connectivity index is 2.66. The Labute approximate surface area is 137 Å². The lowest BCUT2D eigenvalue weighted by atomic mass is 10.1. The van der Waals surface area contributed by atoms with E-state index < -0.39 is 19.9 Å². The van der Waals surface area contributed by atoms with Gasteiger partial charge in [0.25, 0.3) is 0 Å². The van der Waals surface area contributed by atoms with Crippen molar-refractivity contribution >= 4 is 13.8 Å². The lowest BCUT2D eigenvalue weighted by Crippen LogP contribution is -2.07. The highest BCUT2D eigenvalue weighted by atomic mass is 31.2. The Morgan fingerprint density at radius 1 is 1.17 bits per heavy atom. The Morgan fingerprint density at radius 2 is 1.74 bits per heavy atom. The molecule has 7 heteroatoms. The highest BCUT2D eigenvalue weighted by Crippen LogP contribution is 2.51. The van der Waals surface area contributed by atoms with E-state index in [-0.39, 0.29) is 19.0 Å². The van der Waals surface area contributed by atoms with Gasteiger partial charge in [0, 0.05) is 0 Å².